The minimum Gasteiger partial charge on any atom is -0.480 e. The standard InChI is InChI=1S/C23H37NO3/c1-14(25)18-6-7-19-17-5-4-15-12-16(24-13-21(26)27)8-10-22(15,2)20(17)9-11-23(18,19)3/h15-20,24H,4-13H2,1-3H3,(H,26,27)/t15?,16?,17-,18+,19-,20-,22-,23+/m0/s1. The van der Waals surface area contributed by atoms with Gasteiger partial charge in [-0.25, -0.2) is 0 Å². The van der Waals surface area contributed by atoms with Gasteiger partial charge in [0.2, 0.25) is 0 Å². The summed E-state index contributed by atoms with van der Waals surface area (Å²) in [5.74, 6) is 3.05. The molecule has 2 N–H and O–H groups in total. The van der Waals surface area contributed by atoms with E-state index in [-0.39, 0.29) is 12.0 Å². The normalized spacial score (nSPS) is 49.0. The molecule has 4 aliphatic rings. The highest BCUT2D eigenvalue weighted by Crippen LogP contribution is 2.67. The average Bonchev–Trinajstić information content (AvgIpc) is 2.97. The van der Waals surface area contributed by atoms with E-state index in [0.29, 0.717) is 23.2 Å². The summed E-state index contributed by atoms with van der Waals surface area (Å²) in [5.41, 5.74) is 0.663. The number of aliphatic carboxylic acids is 1. The molecule has 0 radical (unpaired) electrons. The maximum atomic E-state index is 12.3. The van der Waals surface area contributed by atoms with Crippen molar-refractivity contribution in [3.8, 4) is 0 Å². The first-order valence-corrected chi connectivity index (χ1v) is 11.2. The van der Waals surface area contributed by atoms with Crippen LogP contribution in [0.4, 0.5) is 0 Å². The van der Waals surface area contributed by atoms with Gasteiger partial charge in [0.1, 0.15) is 5.78 Å². The van der Waals surface area contributed by atoms with E-state index in [0.717, 1.165) is 42.9 Å². The lowest BCUT2D eigenvalue weighted by Crippen LogP contribution is -2.55. The first-order valence-electron chi connectivity index (χ1n) is 11.2. The van der Waals surface area contributed by atoms with Gasteiger partial charge in [0, 0.05) is 12.0 Å². The topological polar surface area (TPSA) is 66.4 Å². The maximum Gasteiger partial charge on any atom is 0.317 e. The summed E-state index contributed by atoms with van der Waals surface area (Å²) in [6, 6.07) is 0.373. The van der Waals surface area contributed by atoms with E-state index < -0.39 is 5.97 Å². The Balaban J connectivity index is 1.49. The zero-order valence-electron chi connectivity index (χ0n) is 17.3. The number of hydrogen-bond acceptors (Lipinski definition) is 3. The van der Waals surface area contributed by atoms with E-state index >= 15 is 0 Å². The molecule has 4 saturated carbocycles. The molecule has 0 saturated heterocycles. The van der Waals surface area contributed by atoms with Crippen LogP contribution in [0.15, 0.2) is 0 Å². The monoisotopic (exact) mass is 375 g/mol. The number of carbonyl (C=O) groups excluding carboxylic acids is 1. The molecular formula is C23H37NO3. The summed E-state index contributed by atoms with van der Waals surface area (Å²) in [4.78, 5) is 23.2. The van der Waals surface area contributed by atoms with Gasteiger partial charge >= 0.3 is 5.97 Å². The average molecular weight is 376 g/mol. The van der Waals surface area contributed by atoms with E-state index in [9.17, 15) is 9.59 Å². The summed E-state index contributed by atoms with van der Waals surface area (Å²) in [7, 11) is 0. The molecule has 0 amide bonds. The smallest absolute Gasteiger partial charge is 0.317 e. The van der Waals surface area contributed by atoms with Gasteiger partial charge in [0.25, 0.3) is 0 Å². The molecule has 4 heteroatoms. The summed E-state index contributed by atoms with van der Waals surface area (Å²) >= 11 is 0. The van der Waals surface area contributed by atoms with E-state index in [1.165, 1.54) is 38.5 Å². The molecular weight excluding hydrogens is 338 g/mol. The Bertz CT molecular complexity index is 619. The molecule has 0 heterocycles. The quantitative estimate of drug-likeness (QED) is 0.770. The van der Waals surface area contributed by atoms with Gasteiger partial charge < -0.3 is 10.4 Å². The Morgan fingerprint density at radius 1 is 0.963 bits per heavy atom. The molecule has 8 atom stereocenters. The van der Waals surface area contributed by atoms with Crippen molar-refractivity contribution in [3.05, 3.63) is 0 Å². The molecule has 0 aromatic carbocycles. The third-order valence-corrected chi connectivity index (χ3v) is 9.70. The molecule has 4 aliphatic carbocycles. The lowest BCUT2D eigenvalue weighted by molar-refractivity contribution is -0.136. The second-order valence-electron chi connectivity index (χ2n) is 10.7. The Hall–Kier alpha value is -0.900. The van der Waals surface area contributed by atoms with Crippen LogP contribution in [-0.2, 0) is 9.59 Å². The molecule has 0 aromatic heterocycles. The van der Waals surface area contributed by atoms with Gasteiger partial charge in [-0.15, -0.1) is 0 Å². The second-order valence-corrected chi connectivity index (χ2v) is 10.7. The first-order chi connectivity index (χ1) is 12.8. The maximum absolute atomic E-state index is 12.3. The largest absolute Gasteiger partial charge is 0.480 e. The second kappa shape index (κ2) is 6.86. The van der Waals surface area contributed by atoms with Crippen LogP contribution in [0.25, 0.3) is 0 Å². The minimum absolute atomic E-state index is 0.0903. The number of ketones is 1. The van der Waals surface area contributed by atoms with Crippen LogP contribution in [0.2, 0.25) is 0 Å². The predicted molar refractivity (Wildman–Crippen MR) is 105 cm³/mol. The van der Waals surface area contributed by atoms with Crippen molar-refractivity contribution < 1.29 is 14.7 Å². The van der Waals surface area contributed by atoms with Crippen molar-refractivity contribution >= 4 is 11.8 Å². The Morgan fingerprint density at radius 2 is 1.67 bits per heavy atom. The molecule has 27 heavy (non-hydrogen) atoms. The van der Waals surface area contributed by atoms with Crippen LogP contribution in [0.1, 0.15) is 78.6 Å². The molecule has 0 bridgehead atoms. The molecule has 0 spiro atoms. The van der Waals surface area contributed by atoms with Crippen molar-refractivity contribution in [2.24, 2.45) is 40.4 Å². The van der Waals surface area contributed by atoms with Crippen LogP contribution in [-0.4, -0.2) is 29.4 Å². The summed E-state index contributed by atoms with van der Waals surface area (Å²) in [5, 5.41) is 12.2. The predicted octanol–water partition coefficient (Wildman–Crippen LogP) is 4.28. The Morgan fingerprint density at radius 3 is 2.37 bits per heavy atom. The number of nitrogens with one attached hydrogen (secondary N) is 1. The first kappa shape index (κ1) is 19.4. The van der Waals surface area contributed by atoms with Crippen LogP contribution in [0.5, 0.6) is 0 Å². The number of Topliss-reactive ketones (excluding diaryl/α,β-unsaturated/α-hetero) is 1. The number of rotatable bonds is 4. The van der Waals surface area contributed by atoms with E-state index in [1.54, 1.807) is 0 Å². The highest BCUT2D eigenvalue weighted by Gasteiger charge is 2.60. The zero-order valence-corrected chi connectivity index (χ0v) is 17.3. The van der Waals surface area contributed by atoms with Crippen molar-refractivity contribution in [2.45, 2.75) is 84.6 Å². The molecule has 4 fully saturated rings. The van der Waals surface area contributed by atoms with Gasteiger partial charge in [-0.05, 0) is 99.2 Å². The number of hydrogen-bond donors (Lipinski definition) is 2. The number of fused-ring (bicyclic) bond motifs is 5. The molecule has 0 aliphatic heterocycles. The van der Waals surface area contributed by atoms with Gasteiger partial charge in [0.15, 0.2) is 0 Å². The third-order valence-electron chi connectivity index (χ3n) is 9.70. The summed E-state index contributed by atoms with van der Waals surface area (Å²) in [6.45, 7) is 6.87. The van der Waals surface area contributed by atoms with E-state index in [4.69, 9.17) is 5.11 Å². The van der Waals surface area contributed by atoms with Gasteiger partial charge in [-0.1, -0.05) is 13.8 Å². The van der Waals surface area contributed by atoms with Crippen molar-refractivity contribution in [1.82, 2.24) is 5.32 Å². The molecule has 0 aromatic rings. The molecule has 2 unspecified atom stereocenters. The van der Waals surface area contributed by atoms with Gasteiger partial charge in [0.05, 0.1) is 6.54 Å². The molecule has 152 valence electrons. The number of carboxylic acid groups (broad SMARTS) is 1. The third kappa shape index (κ3) is 3.07. The minimum atomic E-state index is -0.750. The summed E-state index contributed by atoms with van der Waals surface area (Å²) in [6.07, 6.45) is 11.0. The summed E-state index contributed by atoms with van der Waals surface area (Å²) < 4.78 is 0. The number of carbonyl (C=O) groups is 2. The molecule has 4 nitrogen and oxygen atoms in total. The van der Waals surface area contributed by atoms with E-state index in [2.05, 4.69) is 19.2 Å². The van der Waals surface area contributed by atoms with Crippen molar-refractivity contribution in [3.63, 3.8) is 0 Å². The van der Waals surface area contributed by atoms with Crippen LogP contribution in [0.3, 0.4) is 0 Å². The van der Waals surface area contributed by atoms with Crippen LogP contribution in [0, 0.1) is 40.4 Å². The van der Waals surface area contributed by atoms with E-state index in [1.807, 2.05) is 6.92 Å². The molecule has 4 rings (SSSR count). The Kier molecular flexibility index (Phi) is 4.93. The number of carboxylic acids is 1. The highest BCUT2D eigenvalue weighted by atomic mass is 16.4. The fraction of sp³-hybridized carbons (Fsp3) is 0.913. The fourth-order valence-corrected chi connectivity index (χ4v) is 8.34. The van der Waals surface area contributed by atoms with Gasteiger partial charge in [-0.3, -0.25) is 9.59 Å². The van der Waals surface area contributed by atoms with Crippen LogP contribution >= 0.6 is 0 Å². The lowest BCUT2D eigenvalue weighted by atomic mass is 9.44. The zero-order chi connectivity index (χ0) is 19.4. The SMILES string of the molecule is CC(=O)[C@H]1CC[C@H]2[C@@H]3CCC4CC(NCC(=O)O)CC[C@]4(C)[C@H]3CC[C@]12C. The van der Waals surface area contributed by atoms with Crippen molar-refractivity contribution in [2.75, 3.05) is 6.54 Å². The van der Waals surface area contributed by atoms with Gasteiger partial charge in [-0.2, -0.15) is 0 Å². The highest BCUT2D eigenvalue weighted by molar-refractivity contribution is 5.79. The lowest BCUT2D eigenvalue weighted by Gasteiger charge is -2.61. The fourth-order valence-electron chi connectivity index (χ4n) is 8.34. The van der Waals surface area contributed by atoms with Crippen molar-refractivity contribution in [1.29, 1.82) is 0 Å². The Labute approximate surface area is 163 Å². The van der Waals surface area contributed by atoms with Crippen LogP contribution < -0.4 is 5.32 Å².